The van der Waals surface area contributed by atoms with Crippen LogP contribution in [0.5, 0.6) is 0 Å². The molecule has 3 aromatic carbocycles. The number of aliphatic hydroxyl groups is 1. The number of pyridine rings is 1. The van der Waals surface area contributed by atoms with Crippen LogP contribution in [-0.4, -0.2) is 24.0 Å². The molecule has 3 aromatic heterocycles. The summed E-state index contributed by atoms with van der Waals surface area (Å²) in [6, 6.07) is 23.1. The van der Waals surface area contributed by atoms with Gasteiger partial charge in [0, 0.05) is 34.9 Å². The van der Waals surface area contributed by atoms with Crippen LogP contribution < -0.4 is 0 Å². The average molecular weight is 499 g/mol. The number of hydrogen-bond acceptors (Lipinski definition) is 3. The van der Waals surface area contributed by atoms with E-state index in [1.54, 1.807) is 30.9 Å². The standard InChI is InChI=1S/C28H20Cl2N4O/c1-33-17-31-16-26(33)28(35,19-5-8-21(29)9-6-19)20-7-10-25-24(14-20)23(15-27-32-11-12-34(25)27)18-3-2-4-22(30)13-18/h2-17,35H,1H3. The molecule has 1 atom stereocenters. The van der Waals surface area contributed by atoms with Crippen molar-refractivity contribution in [1.29, 1.82) is 0 Å². The zero-order valence-electron chi connectivity index (χ0n) is 18.7. The molecule has 0 aliphatic heterocycles. The van der Waals surface area contributed by atoms with Crippen LogP contribution in [0.1, 0.15) is 16.8 Å². The summed E-state index contributed by atoms with van der Waals surface area (Å²) in [5.74, 6) is 0. The molecule has 35 heavy (non-hydrogen) atoms. The van der Waals surface area contributed by atoms with Crippen LogP contribution in [0.2, 0.25) is 10.0 Å². The molecule has 0 amide bonds. The molecular formula is C28H20Cl2N4O. The van der Waals surface area contributed by atoms with Crippen molar-refractivity contribution in [3.05, 3.63) is 125 Å². The van der Waals surface area contributed by atoms with Crippen LogP contribution in [0.3, 0.4) is 0 Å². The molecule has 1 N–H and O–H groups in total. The van der Waals surface area contributed by atoms with Gasteiger partial charge in [-0.3, -0.25) is 4.40 Å². The molecular weight excluding hydrogens is 479 g/mol. The molecule has 7 heteroatoms. The van der Waals surface area contributed by atoms with Crippen molar-refractivity contribution >= 4 is 39.8 Å². The lowest BCUT2D eigenvalue weighted by atomic mass is 9.82. The number of halogens is 2. The van der Waals surface area contributed by atoms with Crippen LogP contribution in [-0.2, 0) is 12.6 Å². The monoisotopic (exact) mass is 498 g/mol. The van der Waals surface area contributed by atoms with Gasteiger partial charge in [-0.2, -0.15) is 0 Å². The lowest BCUT2D eigenvalue weighted by molar-refractivity contribution is 0.117. The van der Waals surface area contributed by atoms with Crippen molar-refractivity contribution in [2.24, 2.45) is 7.05 Å². The van der Waals surface area contributed by atoms with Gasteiger partial charge in [0.1, 0.15) is 5.65 Å². The second-order valence-electron chi connectivity index (χ2n) is 8.56. The highest BCUT2D eigenvalue weighted by atomic mass is 35.5. The molecule has 5 nitrogen and oxygen atoms in total. The summed E-state index contributed by atoms with van der Waals surface area (Å²) < 4.78 is 3.87. The van der Waals surface area contributed by atoms with E-state index in [1.165, 1.54) is 0 Å². The summed E-state index contributed by atoms with van der Waals surface area (Å²) in [7, 11) is 1.87. The second kappa shape index (κ2) is 8.24. The fourth-order valence-corrected chi connectivity index (χ4v) is 5.09. The van der Waals surface area contributed by atoms with Crippen LogP contribution in [0.4, 0.5) is 0 Å². The minimum atomic E-state index is -1.46. The van der Waals surface area contributed by atoms with Crippen molar-refractivity contribution in [2.45, 2.75) is 5.60 Å². The second-order valence-corrected chi connectivity index (χ2v) is 9.44. The summed E-state index contributed by atoms with van der Waals surface area (Å²) in [6.07, 6.45) is 7.09. The highest BCUT2D eigenvalue weighted by Crippen LogP contribution is 2.40. The summed E-state index contributed by atoms with van der Waals surface area (Å²) in [4.78, 5) is 8.79. The Hall–Kier alpha value is -3.64. The van der Waals surface area contributed by atoms with E-state index in [4.69, 9.17) is 23.2 Å². The Morgan fingerprint density at radius 1 is 0.886 bits per heavy atom. The zero-order valence-corrected chi connectivity index (χ0v) is 20.2. The Bertz CT molecular complexity index is 1700. The van der Waals surface area contributed by atoms with Crippen LogP contribution in [0.15, 0.2) is 97.7 Å². The van der Waals surface area contributed by atoms with E-state index in [0.717, 1.165) is 27.7 Å². The molecule has 0 aliphatic carbocycles. The lowest BCUT2D eigenvalue weighted by Gasteiger charge is -2.30. The quantitative estimate of drug-likeness (QED) is 0.302. The molecule has 6 aromatic rings. The molecule has 0 spiro atoms. The number of hydrogen-bond donors (Lipinski definition) is 1. The van der Waals surface area contributed by atoms with Crippen molar-refractivity contribution in [3.8, 4) is 11.1 Å². The van der Waals surface area contributed by atoms with Gasteiger partial charge in [0.2, 0.25) is 0 Å². The van der Waals surface area contributed by atoms with Gasteiger partial charge in [0.15, 0.2) is 5.60 Å². The molecule has 0 bridgehead atoms. The summed E-state index contributed by atoms with van der Waals surface area (Å²) in [6.45, 7) is 0. The number of rotatable bonds is 4. The van der Waals surface area contributed by atoms with Crippen LogP contribution in [0.25, 0.3) is 27.7 Å². The van der Waals surface area contributed by atoms with Crippen molar-refractivity contribution in [1.82, 2.24) is 18.9 Å². The topological polar surface area (TPSA) is 55.3 Å². The van der Waals surface area contributed by atoms with E-state index in [0.29, 0.717) is 26.9 Å². The Balaban J connectivity index is 1.68. The van der Waals surface area contributed by atoms with Gasteiger partial charge < -0.3 is 9.67 Å². The lowest BCUT2D eigenvalue weighted by Crippen LogP contribution is -2.31. The first-order chi connectivity index (χ1) is 16.9. The van der Waals surface area contributed by atoms with Crippen molar-refractivity contribution < 1.29 is 5.11 Å². The zero-order chi connectivity index (χ0) is 24.2. The molecule has 172 valence electrons. The third-order valence-corrected chi connectivity index (χ3v) is 6.98. The predicted octanol–water partition coefficient (Wildman–Crippen LogP) is 6.48. The fraction of sp³-hybridized carbons (Fsp3) is 0.0714. The van der Waals surface area contributed by atoms with Gasteiger partial charge in [-0.15, -0.1) is 0 Å². The van der Waals surface area contributed by atoms with Crippen molar-refractivity contribution in [2.75, 3.05) is 0 Å². The molecule has 0 radical (unpaired) electrons. The third kappa shape index (κ3) is 3.51. The van der Waals surface area contributed by atoms with Gasteiger partial charge >= 0.3 is 0 Å². The number of imidazole rings is 2. The molecule has 0 saturated heterocycles. The third-order valence-electron chi connectivity index (χ3n) is 6.49. The smallest absolute Gasteiger partial charge is 0.156 e. The van der Waals surface area contributed by atoms with E-state index in [2.05, 4.69) is 9.97 Å². The minimum Gasteiger partial charge on any atom is -0.374 e. The fourth-order valence-electron chi connectivity index (χ4n) is 4.77. The number of benzene rings is 3. The number of aromatic nitrogens is 4. The van der Waals surface area contributed by atoms with E-state index in [9.17, 15) is 5.11 Å². The number of aryl methyl sites for hydroxylation is 1. The average Bonchev–Trinajstić information content (AvgIpc) is 3.52. The van der Waals surface area contributed by atoms with E-state index in [1.807, 2.05) is 82.9 Å². The van der Waals surface area contributed by atoms with Crippen LogP contribution >= 0.6 is 23.2 Å². The Morgan fingerprint density at radius 3 is 2.43 bits per heavy atom. The van der Waals surface area contributed by atoms with Crippen LogP contribution in [0, 0.1) is 0 Å². The predicted molar refractivity (Wildman–Crippen MR) is 140 cm³/mol. The maximum atomic E-state index is 12.4. The first kappa shape index (κ1) is 21.9. The van der Waals surface area contributed by atoms with Gasteiger partial charge in [-0.05, 0) is 64.7 Å². The van der Waals surface area contributed by atoms with E-state index >= 15 is 0 Å². The summed E-state index contributed by atoms with van der Waals surface area (Å²) in [5.41, 5.74) is 4.34. The highest BCUT2D eigenvalue weighted by molar-refractivity contribution is 6.31. The van der Waals surface area contributed by atoms with Gasteiger partial charge in [0.05, 0.1) is 23.7 Å². The Kier molecular flexibility index (Phi) is 5.15. The normalized spacial score (nSPS) is 13.4. The van der Waals surface area contributed by atoms with E-state index in [-0.39, 0.29) is 0 Å². The van der Waals surface area contributed by atoms with Gasteiger partial charge in [-0.25, -0.2) is 9.97 Å². The first-order valence-electron chi connectivity index (χ1n) is 11.1. The SMILES string of the molecule is Cn1cncc1C(O)(c1ccc(Cl)cc1)c1ccc2c(c1)c(-c1cccc(Cl)c1)cc1nccn12. The summed E-state index contributed by atoms with van der Waals surface area (Å²) >= 11 is 12.5. The first-order valence-corrected chi connectivity index (χ1v) is 11.8. The van der Waals surface area contributed by atoms with E-state index < -0.39 is 5.60 Å². The molecule has 6 rings (SSSR count). The molecule has 0 fully saturated rings. The van der Waals surface area contributed by atoms with Gasteiger partial charge in [-0.1, -0.05) is 53.5 Å². The summed E-state index contributed by atoms with van der Waals surface area (Å²) in [5, 5.41) is 14.6. The largest absolute Gasteiger partial charge is 0.374 e. The maximum absolute atomic E-state index is 12.4. The number of fused-ring (bicyclic) bond motifs is 3. The minimum absolute atomic E-state index is 0.602. The van der Waals surface area contributed by atoms with Gasteiger partial charge in [0.25, 0.3) is 0 Å². The Morgan fingerprint density at radius 2 is 1.69 bits per heavy atom. The molecule has 1 unspecified atom stereocenters. The number of nitrogens with zero attached hydrogens (tertiary/aromatic N) is 4. The molecule has 3 heterocycles. The Labute approximate surface area is 211 Å². The highest BCUT2D eigenvalue weighted by Gasteiger charge is 2.37. The van der Waals surface area contributed by atoms with Crippen molar-refractivity contribution in [3.63, 3.8) is 0 Å². The molecule has 0 saturated carbocycles. The molecule has 0 aliphatic rings. The maximum Gasteiger partial charge on any atom is 0.156 e.